The van der Waals surface area contributed by atoms with Crippen LogP contribution in [-0.2, 0) is 4.74 Å². The minimum atomic E-state index is -0.568. The van der Waals surface area contributed by atoms with Crippen molar-refractivity contribution >= 4 is 17.6 Å². The van der Waals surface area contributed by atoms with Crippen LogP contribution in [0.5, 0.6) is 11.6 Å². The maximum Gasteiger partial charge on any atom is 0.345 e. The molecule has 1 aromatic heterocycles. The van der Waals surface area contributed by atoms with Crippen LogP contribution < -0.4 is 4.74 Å². The summed E-state index contributed by atoms with van der Waals surface area (Å²) in [6.07, 6.45) is 1.36. The number of methoxy groups -OCH3 is 1. The molecule has 0 saturated carbocycles. The number of aryl methyl sites for hydroxylation is 1. The maximum atomic E-state index is 11.6. The van der Waals surface area contributed by atoms with Crippen molar-refractivity contribution in [1.82, 2.24) is 9.97 Å². The van der Waals surface area contributed by atoms with E-state index in [-0.39, 0.29) is 11.4 Å². The van der Waals surface area contributed by atoms with E-state index in [0.29, 0.717) is 16.6 Å². The van der Waals surface area contributed by atoms with E-state index < -0.39 is 5.97 Å². The van der Waals surface area contributed by atoms with Crippen LogP contribution >= 0.6 is 11.6 Å². The Morgan fingerprint density at radius 3 is 2.74 bits per heavy atom. The Kier molecular flexibility index (Phi) is 3.97. The zero-order chi connectivity index (χ0) is 13.8. The Bertz CT molecular complexity index is 617. The molecule has 2 aromatic rings. The minimum absolute atomic E-state index is 0.118. The number of para-hydroxylation sites is 1. The van der Waals surface area contributed by atoms with Gasteiger partial charge in [0.05, 0.1) is 12.1 Å². The Balaban J connectivity index is 2.41. The average Bonchev–Trinajstić information content (AvgIpc) is 2.41. The molecule has 0 amide bonds. The Hall–Kier alpha value is -2.14. The highest BCUT2D eigenvalue weighted by Gasteiger charge is 2.17. The summed E-state index contributed by atoms with van der Waals surface area (Å²) in [5.74, 6) is 0.441. The second kappa shape index (κ2) is 5.67. The predicted octanol–water partition coefficient (Wildman–Crippen LogP) is 3.02. The SMILES string of the molecule is COC(=O)c1cnc(C)nc1Oc1ccccc1Cl. The molecular formula is C13H11ClN2O3. The van der Waals surface area contributed by atoms with Crippen LogP contribution in [0.15, 0.2) is 30.5 Å². The largest absolute Gasteiger partial charge is 0.465 e. The van der Waals surface area contributed by atoms with Crippen LogP contribution in [-0.4, -0.2) is 23.0 Å². The van der Waals surface area contributed by atoms with Crippen LogP contribution in [0.3, 0.4) is 0 Å². The zero-order valence-electron chi connectivity index (χ0n) is 10.4. The van der Waals surface area contributed by atoms with E-state index in [2.05, 4.69) is 14.7 Å². The first kappa shape index (κ1) is 13.3. The van der Waals surface area contributed by atoms with Crippen molar-refractivity contribution in [2.45, 2.75) is 6.92 Å². The molecule has 98 valence electrons. The first-order chi connectivity index (χ1) is 9.11. The van der Waals surface area contributed by atoms with Gasteiger partial charge in [-0.1, -0.05) is 23.7 Å². The fourth-order valence-electron chi connectivity index (χ4n) is 1.41. The van der Waals surface area contributed by atoms with Crippen LogP contribution in [0.25, 0.3) is 0 Å². The molecule has 0 radical (unpaired) electrons. The molecule has 0 bridgehead atoms. The summed E-state index contributed by atoms with van der Waals surface area (Å²) < 4.78 is 10.2. The summed E-state index contributed by atoms with van der Waals surface area (Å²) in [6, 6.07) is 6.91. The molecule has 6 heteroatoms. The van der Waals surface area contributed by atoms with Gasteiger partial charge in [0.2, 0.25) is 5.88 Å². The van der Waals surface area contributed by atoms with Gasteiger partial charge in [0, 0.05) is 6.20 Å². The van der Waals surface area contributed by atoms with E-state index in [1.54, 1.807) is 31.2 Å². The van der Waals surface area contributed by atoms with Crippen molar-refractivity contribution in [3.05, 3.63) is 46.9 Å². The van der Waals surface area contributed by atoms with Crippen molar-refractivity contribution in [1.29, 1.82) is 0 Å². The molecular weight excluding hydrogens is 268 g/mol. The summed E-state index contributed by atoms with van der Waals surface area (Å²) in [7, 11) is 1.28. The lowest BCUT2D eigenvalue weighted by atomic mass is 10.3. The second-order valence-corrected chi connectivity index (χ2v) is 4.07. The van der Waals surface area contributed by atoms with Gasteiger partial charge in [-0.05, 0) is 19.1 Å². The van der Waals surface area contributed by atoms with E-state index in [1.807, 2.05) is 0 Å². The van der Waals surface area contributed by atoms with Gasteiger partial charge >= 0.3 is 5.97 Å². The highest BCUT2D eigenvalue weighted by molar-refractivity contribution is 6.32. The van der Waals surface area contributed by atoms with Crippen LogP contribution in [0.2, 0.25) is 5.02 Å². The van der Waals surface area contributed by atoms with E-state index in [9.17, 15) is 4.79 Å². The third-order valence-corrected chi connectivity index (χ3v) is 2.64. The van der Waals surface area contributed by atoms with Gasteiger partial charge in [-0.2, -0.15) is 4.98 Å². The number of hydrogen-bond acceptors (Lipinski definition) is 5. The number of ether oxygens (including phenoxy) is 2. The van der Waals surface area contributed by atoms with Gasteiger partial charge in [-0.15, -0.1) is 0 Å². The number of carbonyl (C=O) groups excluding carboxylic acids is 1. The third-order valence-electron chi connectivity index (χ3n) is 2.32. The first-order valence-corrected chi connectivity index (χ1v) is 5.84. The molecule has 1 aromatic carbocycles. The van der Waals surface area contributed by atoms with Crippen molar-refractivity contribution < 1.29 is 14.3 Å². The number of benzene rings is 1. The van der Waals surface area contributed by atoms with Gasteiger partial charge in [0.1, 0.15) is 17.1 Å². The predicted molar refractivity (Wildman–Crippen MR) is 69.6 cm³/mol. The molecule has 0 unspecified atom stereocenters. The smallest absolute Gasteiger partial charge is 0.345 e. The summed E-state index contributed by atoms with van der Waals surface area (Å²) in [5.41, 5.74) is 0.146. The third kappa shape index (κ3) is 3.00. The van der Waals surface area contributed by atoms with Crippen molar-refractivity contribution in [3.8, 4) is 11.6 Å². The van der Waals surface area contributed by atoms with Crippen molar-refractivity contribution in [2.75, 3.05) is 7.11 Å². The van der Waals surface area contributed by atoms with E-state index >= 15 is 0 Å². The van der Waals surface area contributed by atoms with Gasteiger partial charge < -0.3 is 9.47 Å². The molecule has 0 N–H and O–H groups in total. The lowest BCUT2D eigenvalue weighted by Gasteiger charge is -2.09. The topological polar surface area (TPSA) is 61.3 Å². The quantitative estimate of drug-likeness (QED) is 0.808. The number of carbonyl (C=O) groups is 1. The van der Waals surface area contributed by atoms with Crippen LogP contribution in [0.4, 0.5) is 0 Å². The highest BCUT2D eigenvalue weighted by atomic mass is 35.5. The minimum Gasteiger partial charge on any atom is -0.465 e. The molecule has 1 heterocycles. The molecule has 0 aliphatic carbocycles. The number of hydrogen-bond donors (Lipinski definition) is 0. The fourth-order valence-corrected chi connectivity index (χ4v) is 1.58. The Morgan fingerprint density at radius 2 is 2.05 bits per heavy atom. The molecule has 0 saturated heterocycles. The maximum absolute atomic E-state index is 11.6. The lowest BCUT2D eigenvalue weighted by molar-refractivity contribution is 0.0596. The number of rotatable bonds is 3. The molecule has 19 heavy (non-hydrogen) atoms. The fraction of sp³-hybridized carbons (Fsp3) is 0.154. The molecule has 0 spiro atoms. The summed E-state index contributed by atoms with van der Waals surface area (Å²) >= 11 is 6.00. The standard InChI is InChI=1S/C13H11ClN2O3/c1-8-15-7-9(13(17)18-2)12(16-8)19-11-6-4-3-5-10(11)14/h3-7H,1-2H3. The summed E-state index contributed by atoms with van der Waals surface area (Å²) in [4.78, 5) is 19.6. The van der Waals surface area contributed by atoms with Crippen molar-refractivity contribution in [2.24, 2.45) is 0 Å². The Morgan fingerprint density at radius 1 is 1.32 bits per heavy atom. The Labute approximate surface area is 115 Å². The number of aromatic nitrogens is 2. The molecule has 2 rings (SSSR count). The van der Waals surface area contributed by atoms with Crippen molar-refractivity contribution in [3.63, 3.8) is 0 Å². The molecule has 5 nitrogen and oxygen atoms in total. The molecule has 0 fully saturated rings. The first-order valence-electron chi connectivity index (χ1n) is 5.46. The van der Waals surface area contributed by atoms with Crippen LogP contribution in [0.1, 0.15) is 16.2 Å². The number of esters is 1. The molecule has 0 atom stereocenters. The monoisotopic (exact) mass is 278 g/mol. The average molecular weight is 279 g/mol. The summed E-state index contributed by atoms with van der Waals surface area (Å²) in [5, 5.41) is 0.426. The van der Waals surface area contributed by atoms with Gasteiger partial charge in [-0.25, -0.2) is 9.78 Å². The summed E-state index contributed by atoms with van der Waals surface area (Å²) in [6.45, 7) is 1.69. The lowest BCUT2D eigenvalue weighted by Crippen LogP contribution is -2.07. The molecule has 0 aliphatic rings. The number of halogens is 1. The normalized spacial score (nSPS) is 10.1. The van der Waals surface area contributed by atoms with Gasteiger partial charge in [-0.3, -0.25) is 0 Å². The van der Waals surface area contributed by atoms with Crippen LogP contribution in [0, 0.1) is 6.92 Å². The van der Waals surface area contributed by atoms with E-state index in [1.165, 1.54) is 13.3 Å². The van der Waals surface area contributed by atoms with Gasteiger partial charge in [0.25, 0.3) is 0 Å². The zero-order valence-corrected chi connectivity index (χ0v) is 11.1. The second-order valence-electron chi connectivity index (χ2n) is 3.66. The van der Waals surface area contributed by atoms with Gasteiger partial charge in [0.15, 0.2) is 0 Å². The number of nitrogens with zero attached hydrogens (tertiary/aromatic N) is 2. The van der Waals surface area contributed by atoms with E-state index in [0.717, 1.165) is 0 Å². The molecule has 0 aliphatic heterocycles. The van der Waals surface area contributed by atoms with E-state index in [4.69, 9.17) is 16.3 Å². The highest BCUT2D eigenvalue weighted by Crippen LogP contribution is 2.29.